The standard InChI is InChI=1S/C33H50N4O5S/c1-24-30(43-23-37-24)26-17-15-25(16-18-26)21-36-31(39)28-20-27(22-35-28)41-29(38)14-12-10-8-6-5-7-9-11-13-19-34-32(40)42-33(2,3)4/h15-18,23,27-28,35H,5-14,19-22H2,1-4H3,(H,34,40)(H,36,39). The molecule has 3 N–H and O–H groups in total. The van der Waals surface area contributed by atoms with Crippen LogP contribution in [0.25, 0.3) is 10.4 Å². The van der Waals surface area contributed by atoms with Gasteiger partial charge in [-0.25, -0.2) is 9.78 Å². The fraction of sp³-hybridized carbons (Fsp3) is 0.636. The third-order valence-electron chi connectivity index (χ3n) is 7.36. The van der Waals surface area contributed by atoms with Crippen LogP contribution in [0.15, 0.2) is 29.8 Å². The molecule has 2 heterocycles. The SMILES string of the molecule is Cc1ncsc1-c1ccc(CNC(=O)C2CC(OC(=O)CCCCCCCCCCCNC(=O)OC(C)(C)C)CN2)cc1. The number of unbranched alkanes of at least 4 members (excludes halogenated alkanes) is 8. The predicted molar refractivity (Wildman–Crippen MR) is 171 cm³/mol. The molecule has 2 amide bonds. The van der Waals surface area contributed by atoms with Crippen LogP contribution in [0.3, 0.4) is 0 Å². The lowest BCUT2D eigenvalue weighted by Gasteiger charge is -2.19. The molecule has 0 saturated carbocycles. The molecule has 1 fully saturated rings. The quantitative estimate of drug-likeness (QED) is 0.139. The van der Waals surface area contributed by atoms with Crippen LogP contribution < -0.4 is 16.0 Å². The Kier molecular flexibility index (Phi) is 14.4. The summed E-state index contributed by atoms with van der Waals surface area (Å²) in [6.07, 6.45) is 10.1. The van der Waals surface area contributed by atoms with Crippen molar-refractivity contribution in [3.63, 3.8) is 0 Å². The summed E-state index contributed by atoms with van der Waals surface area (Å²) < 4.78 is 10.8. The lowest BCUT2D eigenvalue weighted by Crippen LogP contribution is -2.39. The molecule has 238 valence electrons. The second-order valence-electron chi connectivity index (χ2n) is 12.4. The molecule has 0 aliphatic carbocycles. The van der Waals surface area contributed by atoms with Gasteiger partial charge in [0.2, 0.25) is 5.91 Å². The molecule has 2 aromatic rings. The Balaban J connectivity index is 1.15. The number of benzene rings is 1. The van der Waals surface area contributed by atoms with E-state index in [1.165, 1.54) is 19.3 Å². The number of nitrogens with one attached hydrogen (secondary N) is 3. The van der Waals surface area contributed by atoms with Crippen molar-refractivity contribution in [2.75, 3.05) is 13.1 Å². The summed E-state index contributed by atoms with van der Waals surface area (Å²) in [5, 5.41) is 8.98. The van der Waals surface area contributed by atoms with E-state index in [1.807, 2.05) is 45.3 Å². The summed E-state index contributed by atoms with van der Waals surface area (Å²) in [7, 11) is 0. The van der Waals surface area contributed by atoms with Crippen LogP contribution in [0.4, 0.5) is 4.79 Å². The van der Waals surface area contributed by atoms with Gasteiger partial charge in [0, 0.05) is 32.5 Å². The third-order valence-corrected chi connectivity index (χ3v) is 8.34. The zero-order chi connectivity index (χ0) is 31.1. The molecule has 0 bridgehead atoms. The number of rotatable bonds is 17. The Labute approximate surface area is 260 Å². The number of carbonyl (C=O) groups excluding carboxylic acids is 3. The van der Waals surface area contributed by atoms with Gasteiger partial charge in [0.25, 0.3) is 0 Å². The molecular formula is C33H50N4O5S. The van der Waals surface area contributed by atoms with Gasteiger partial charge in [0.1, 0.15) is 11.7 Å². The van der Waals surface area contributed by atoms with Crippen molar-refractivity contribution in [3.05, 3.63) is 41.0 Å². The first-order valence-corrected chi connectivity index (χ1v) is 16.7. The van der Waals surface area contributed by atoms with Gasteiger partial charge in [-0.1, -0.05) is 69.2 Å². The van der Waals surface area contributed by atoms with Crippen LogP contribution in [-0.2, 0) is 25.6 Å². The van der Waals surface area contributed by atoms with Gasteiger partial charge >= 0.3 is 12.1 Å². The van der Waals surface area contributed by atoms with E-state index in [1.54, 1.807) is 11.3 Å². The van der Waals surface area contributed by atoms with Crippen molar-refractivity contribution in [1.82, 2.24) is 20.9 Å². The highest BCUT2D eigenvalue weighted by Gasteiger charge is 2.31. The molecule has 0 spiro atoms. The van der Waals surface area contributed by atoms with Crippen LogP contribution in [0.1, 0.15) is 103 Å². The van der Waals surface area contributed by atoms with Crippen molar-refractivity contribution < 1.29 is 23.9 Å². The summed E-state index contributed by atoms with van der Waals surface area (Å²) >= 11 is 1.62. The second-order valence-corrected chi connectivity index (χ2v) is 13.2. The van der Waals surface area contributed by atoms with Gasteiger partial charge in [0.15, 0.2) is 0 Å². The molecule has 10 heteroatoms. The normalized spacial score (nSPS) is 16.6. The van der Waals surface area contributed by atoms with Crippen molar-refractivity contribution >= 4 is 29.3 Å². The van der Waals surface area contributed by atoms with Gasteiger partial charge in [0.05, 0.1) is 22.1 Å². The minimum Gasteiger partial charge on any atom is -0.461 e. The number of nitrogens with zero attached hydrogens (tertiary/aromatic N) is 1. The summed E-state index contributed by atoms with van der Waals surface area (Å²) in [5.41, 5.74) is 4.58. The second kappa shape index (κ2) is 18.0. The van der Waals surface area contributed by atoms with Crippen LogP contribution in [0.5, 0.6) is 0 Å². The summed E-state index contributed by atoms with van der Waals surface area (Å²) in [6, 6.07) is 7.82. The van der Waals surface area contributed by atoms with Crippen LogP contribution in [-0.4, -0.2) is 53.8 Å². The van der Waals surface area contributed by atoms with Gasteiger partial charge in [-0.2, -0.15) is 0 Å². The molecule has 2 unspecified atom stereocenters. The highest BCUT2D eigenvalue weighted by molar-refractivity contribution is 7.13. The van der Waals surface area contributed by atoms with E-state index in [9.17, 15) is 14.4 Å². The van der Waals surface area contributed by atoms with Crippen molar-refractivity contribution in [2.45, 2.75) is 123 Å². The predicted octanol–water partition coefficient (Wildman–Crippen LogP) is 6.43. The first-order valence-electron chi connectivity index (χ1n) is 15.8. The fourth-order valence-corrected chi connectivity index (χ4v) is 5.85. The minimum absolute atomic E-state index is 0.0709. The highest BCUT2D eigenvalue weighted by Crippen LogP contribution is 2.27. The molecule has 1 aromatic carbocycles. The van der Waals surface area contributed by atoms with E-state index in [0.717, 1.165) is 60.2 Å². The zero-order valence-corrected chi connectivity index (χ0v) is 27.2. The van der Waals surface area contributed by atoms with Crippen molar-refractivity contribution in [2.24, 2.45) is 0 Å². The maximum absolute atomic E-state index is 12.7. The maximum Gasteiger partial charge on any atom is 0.407 e. The topological polar surface area (TPSA) is 119 Å². The highest BCUT2D eigenvalue weighted by atomic mass is 32.1. The average molecular weight is 615 g/mol. The molecule has 3 rings (SSSR count). The fourth-order valence-electron chi connectivity index (χ4n) is 5.04. The molecule has 2 atom stereocenters. The number of aryl methyl sites for hydroxylation is 1. The molecule has 1 aliphatic rings. The van der Waals surface area contributed by atoms with E-state index in [0.29, 0.717) is 32.5 Å². The van der Waals surface area contributed by atoms with Crippen LogP contribution in [0.2, 0.25) is 0 Å². The third kappa shape index (κ3) is 13.5. The van der Waals surface area contributed by atoms with E-state index in [4.69, 9.17) is 9.47 Å². The summed E-state index contributed by atoms with van der Waals surface area (Å²) in [5.74, 6) is -0.248. The van der Waals surface area contributed by atoms with Gasteiger partial charge in [-0.3, -0.25) is 9.59 Å². The Morgan fingerprint density at radius 1 is 0.953 bits per heavy atom. The smallest absolute Gasteiger partial charge is 0.407 e. The molecular weight excluding hydrogens is 564 g/mol. The molecule has 1 aliphatic heterocycles. The van der Waals surface area contributed by atoms with E-state index in [-0.39, 0.29) is 30.1 Å². The lowest BCUT2D eigenvalue weighted by atomic mass is 10.1. The molecule has 1 aromatic heterocycles. The molecule has 0 radical (unpaired) electrons. The Hall–Kier alpha value is -2.98. The number of alkyl carbamates (subject to hydrolysis) is 1. The largest absolute Gasteiger partial charge is 0.461 e. The number of carbonyl (C=O) groups is 3. The number of amides is 2. The van der Waals surface area contributed by atoms with Crippen molar-refractivity contribution in [1.29, 1.82) is 0 Å². The van der Waals surface area contributed by atoms with E-state index >= 15 is 0 Å². The summed E-state index contributed by atoms with van der Waals surface area (Å²) in [6.45, 7) is 9.20. The Morgan fingerprint density at radius 2 is 1.60 bits per heavy atom. The zero-order valence-electron chi connectivity index (χ0n) is 26.3. The number of esters is 1. The average Bonchev–Trinajstić information content (AvgIpc) is 3.60. The molecule has 43 heavy (non-hydrogen) atoms. The minimum atomic E-state index is -0.459. The molecule has 9 nitrogen and oxygen atoms in total. The molecule has 1 saturated heterocycles. The number of aromatic nitrogens is 1. The number of hydrogen-bond acceptors (Lipinski definition) is 8. The van der Waals surface area contributed by atoms with Gasteiger partial charge in [-0.15, -0.1) is 11.3 Å². The number of thiazole rings is 1. The Bertz CT molecular complexity index is 1140. The van der Waals surface area contributed by atoms with Crippen LogP contribution in [0, 0.1) is 6.92 Å². The van der Waals surface area contributed by atoms with Crippen LogP contribution >= 0.6 is 11.3 Å². The van der Waals surface area contributed by atoms with E-state index < -0.39 is 5.60 Å². The van der Waals surface area contributed by atoms with Gasteiger partial charge in [-0.05, 0) is 51.7 Å². The monoisotopic (exact) mass is 614 g/mol. The van der Waals surface area contributed by atoms with E-state index in [2.05, 4.69) is 33.1 Å². The first kappa shape index (κ1) is 34.5. The first-order chi connectivity index (χ1) is 20.6. The van der Waals surface area contributed by atoms with Crippen molar-refractivity contribution in [3.8, 4) is 10.4 Å². The number of hydrogen-bond donors (Lipinski definition) is 3. The maximum atomic E-state index is 12.7. The Morgan fingerprint density at radius 3 is 2.23 bits per heavy atom. The summed E-state index contributed by atoms with van der Waals surface area (Å²) in [4.78, 5) is 42.0. The van der Waals surface area contributed by atoms with Gasteiger partial charge < -0.3 is 25.4 Å². The lowest BCUT2D eigenvalue weighted by molar-refractivity contribution is -0.148. The number of ether oxygens (including phenoxy) is 2.